The Labute approximate surface area is 212 Å². The number of hydrogen-bond acceptors (Lipinski definition) is 9. The Morgan fingerprint density at radius 2 is 1.49 bits per heavy atom. The van der Waals surface area contributed by atoms with E-state index in [1.54, 1.807) is 42.5 Å². The van der Waals surface area contributed by atoms with Crippen LogP contribution in [0, 0.1) is 0 Å². The second-order valence-electron chi connectivity index (χ2n) is 7.62. The molecule has 4 N–H and O–H groups in total. The van der Waals surface area contributed by atoms with Gasteiger partial charge in [-0.25, -0.2) is 9.59 Å². The normalized spacial score (nSPS) is 12.0. The van der Waals surface area contributed by atoms with Gasteiger partial charge in [0.1, 0.15) is 0 Å². The maximum absolute atomic E-state index is 12.0. The van der Waals surface area contributed by atoms with Crippen LogP contribution >= 0.6 is 0 Å². The summed E-state index contributed by atoms with van der Waals surface area (Å²) in [6, 6.07) is 18.7. The van der Waals surface area contributed by atoms with Crippen LogP contribution in [0.5, 0.6) is 0 Å². The third kappa shape index (κ3) is 8.39. The molecule has 37 heavy (non-hydrogen) atoms. The van der Waals surface area contributed by atoms with Gasteiger partial charge >= 0.3 is 17.9 Å². The number of hydroxylamine groups is 2. The molecule has 0 aliphatic rings. The standard InChI is InChI=1S/C15H15NO4.C11H13NO5/c1-20-15(19)13(9-17)16-14(18)12-7-6-10-4-2-3-5-11(10)8-12;1-12(9(7-13)10(14)15)17-11(16)8-5-3-2-4-6-8/h2-8,13,17H,9H2,1H3,(H,16,18);2-6,9,13H,7H2,1H3,(H,14,15)/t13-;9-/m00/s1. The molecule has 0 unspecified atom stereocenters. The van der Waals surface area contributed by atoms with E-state index in [1.807, 2.05) is 30.3 Å². The molecule has 0 radical (unpaired) electrons. The molecular weight excluding hydrogens is 484 g/mol. The largest absolute Gasteiger partial charge is 0.480 e. The van der Waals surface area contributed by atoms with Gasteiger partial charge in [0.2, 0.25) is 0 Å². The van der Waals surface area contributed by atoms with Gasteiger partial charge < -0.3 is 30.2 Å². The molecule has 0 saturated carbocycles. The van der Waals surface area contributed by atoms with E-state index in [0.717, 1.165) is 15.8 Å². The van der Waals surface area contributed by atoms with Crippen molar-refractivity contribution in [2.75, 3.05) is 27.4 Å². The molecule has 3 rings (SSSR count). The van der Waals surface area contributed by atoms with Crippen molar-refractivity contribution >= 4 is 34.6 Å². The van der Waals surface area contributed by atoms with Crippen LogP contribution in [0.3, 0.4) is 0 Å². The van der Waals surface area contributed by atoms with E-state index in [1.165, 1.54) is 14.2 Å². The minimum absolute atomic E-state index is 0.307. The Kier molecular flexibility index (Phi) is 11.2. The first-order chi connectivity index (χ1) is 17.7. The van der Waals surface area contributed by atoms with Crippen LogP contribution < -0.4 is 5.32 Å². The Morgan fingerprint density at radius 1 is 0.865 bits per heavy atom. The number of nitrogens with one attached hydrogen (secondary N) is 1. The van der Waals surface area contributed by atoms with Gasteiger partial charge in [0, 0.05) is 12.6 Å². The lowest BCUT2D eigenvalue weighted by atomic mass is 10.1. The second-order valence-corrected chi connectivity index (χ2v) is 7.62. The molecule has 0 saturated heterocycles. The Morgan fingerprint density at radius 3 is 2.05 bits per heavy atom. The lowest BCUT2D eigenvalue weighted by Crippen LogP contribution is -2.44. The monoisotopic (exact) mass is 512 g/mol. The summed E-state index contributed by atoms with van der Waals surface area (Å²) in [7, 11) is 2.48. The second kappa shape index (κ2) is 14.3. The number of esters is 1. The van der Waals surface area contributed by atoms with Crippen LogP contribution in [0.4, 0.5) is 0 Å². The first-order valence-electron chi connectivity index (χ1n) is 11.0. The van der Waals surface area contributed by atoms with E-state index in [4.69, 9.17) is 20.2 Å². The number of aliphatic hydroxyl groups excluding tert-OH is 2. The van der Waals surface area contributed by atoms with Crippen molar-refractivity contribution in [2.24, 2.45) is 0 Å². The molecule has 0 heterocycles. The van der Waals surface area contributed by atoms with Crippen molar-refractivity contribution < 1.29 is 44.1 Å². The average molecular weight is 513 g/mol. The van der Waals surface area contributed by atoms with Gasteiger partial charge in [0.15, 0.2) is 12.1 Å². The number of carboxylic acids is 1. The number of rotatable bonds is 9. The summed E-state index contributed by atoms with van der Waals surface area (Å²) >= 11 is 0. The van der Waals surface area contributed by atoms with Crippen molar-refractivity contribution in [1.82, 2.24) is 10.4 Å². The van der Waals surface area contributed by atoms with Gasteiger partial charge in [-0.2, -0.15) is 0 Å². The molecule has 3 aromatic rings. The molecule has 1 amide bonds. The van der Waals surface area contributed by atoms with Gasteiger partial charge in [-0.3, -0.25) is 9.59 Å². The van der Waals surface area contributed by atoms with Crippen LogP contribution in [-0.4, -0.2) is 83.7 Å². The predicted molar refractivity (Wildman–Crippen MR) is 132 cm³/mol. The summed E-state index contributed by atoms with van der Waals surface area (Å²) in [5.41, 5.74) is 0.729. The van der Waals surface area contributed by atoms with E-state index < -0.39 is 49.1 Å². The highest BCUT2D eigenvalue weighted by atomic mass is 16.7. The lowest BCUT2D eigenvalue weighted by molar-refractivity contribution is -0.168. The molecule has 11 nitrogen and oxygen atoms in total. The van der Waals surface area contributed by atoms with E-state index >= 15 is 0 Å². The number of aliphatic hydroxyl groups is 2. The predicted octanol–water partition coefficient (Wildman–Crippen LogP) is 1.24. The fourth-order valence-electron chi connectivity index (χ4n) is 3.06. The Balaban J connectivity index is 0.000000264. The first kappa shape index (κ1) is 28.9. The molecule has 0 aromatic heterocycles. The van der Waals surface area contributed by atoms with Crippen LogP contribution in [0.15, 0.2) is 72.8 Å². The molecule has 3 aromatic carbocycles. The van der Waals surface area contributed by atoms with Crippen LogP contribution in [0.1, 0.15) is 20.7 Å². The molecule has 2 atom stereocenters. The maximum Gasteiger partial charge on any atom is 0.357 e. The molecule has 11 heteroatoms. The number of aliphatic carboxylic acids is 1. The van der Waals surface area contributed by atoms with Crippen molar-refractivity contribution in [2.45, 2.75) is 12.1 Å². The number of benzene rings is 3. The van der Waals surface area contributed by atoms with Gasteiger partial charge in [-0.05, 0) is 35.0 Å². The molecule has 0 aliphatic heterocycles. The number of likely N-dealkylation sites (N-methyl/N-ethyl adjacent to an activating group) is 1. The van der Waals surface area contributed by atoms with Gasteiger partial charge in [0.25, 0.3) is 5.91 Å². The molecular formula is C26H28N2O9. The average Bonchev–Trinajstić information content (AvgIpc) is 2.91. The van der Waals surface area contributed by atoms with E-state index in [2.05, 4.69) is 10.1 Å². The highest BCUT2D eigenvalue weighted by Gasteiger charge is 2.25. The summed E-state index contributed by atoms with van der Waals surface area (Å²) in [5.74, 6) is -3.05. The summed E-state index contributed by atoms with van der Waals surface area (Å²) in [6.45, 7) is -1.15. The number of nitrogens with zero attached hydrogens (tertiary/aromatic N) is 1. The third-order valence-corrected chi connectivity index (χ3v) is 5.12. The van der Waals surface area contributed by atoms with Gasteiger partial charge in [-0.1, -0.05) is 48.5 Å². The zero-order valence-corrected chi connectivity index (χ0v) is 20.2. The maximum atomic E-state index is 12.0. The Hall–Kier alpha value is -4.32. The Bertz CT molecular complexity index is 1220. The number of fused-ring (bicyclic) bond motifs is 1. The highest BCUT2D eigenvalue weighted by molar-refractivity contribution is 6.00. The highest BCUT2D eigenvalue weighted by Crippen LogP contribution is 2.15. The summed E-state index contributed by atoms with van der Waals surface area (Å²) in [6.07, 6.45) is 0. The number of carbonyl (C=O) groups is 4. The van der Waals surface area contributed by atoms with E-state index in [9.17, 15) is 19.2 Å². The van der Waals surface area contributed by atoms with Gasteiger partial charge in [-0.15, -0.1) is 5.06 Å². The van der Waals surface area contributed by atoms with Crippen molar-refractivity contribution in [3.63, 3.8) is 0 Å². The quantitative estimate of drug-likeness (QED) is 0.242. The summed E-state index contributed by atoms with van der Waals surface area (Å²) in [4.78, 5) is 50.4. The summed E-state index contributed by atoms with van der Waals surface area (Å²) < 4.78 is 4.50. The third-order valence-electron chi connectivity index (χ3n) is 5.12. The number of methoxy groups -OCH3 is 1. The summed E-state index contributed by atoms with van der Waals surface area (Å²) in [5, 5.41) is 31.9. The van der Waals surface area contributed by atoms with E-state index in [-0.39, 0.29) is 0 Å². The minimum atomic E-state index is -1.28. The fourth-order valence-corrected chi connectivity index (χ4v) is 3.06. The van der Waals surface area contributed by atoms with Crippen LogP contribution in [0.25, 0.3) is 10.8 Å². The molecule has 0 spiro atoms. The number of ether oxygens (including phenoxy) is 1. The fraction of sp³-hybridized carbons (Fsp3) is 0.231. The number of hydrogen-bond donors (Lipinski definition) is 4. The topological polar surface area (TPSA) is 163 Å². The molecule has 0 fully saturated rings. The molecule has 0 aliphatic carbocycles. The van der Waals surface area contributed by atoms with Crippen LogP contribution in [0.2, 0.25) is 0 Å². The smallest absolute Gasteiger partial charge is 0.357 e. The zero-order valence-electron chi connectivity index (χ0n) is 20.2. The lowest BCUT2D eigenvalue weighted by Gasteiger charge is -2.21. The SMILES string of the molecule is CN(OC(=O)c1ccccc1)[C@@H](CO)C(=O)O.COC(=O)[C@H](CO)NC(=O)c1ccc2ccccc2c1. The molecule has 0 bridgehead atoms. The van der Waals surface area contributed by atoms with Crippen molar-refractivity contribution in [3.8, 4) is 0 Å². The zero-order chi connectivity index (χ0) is 27.4. The van der Waals surface area contributed by atoms with Crippen molar-refractivity contribution in [3.05, 3.63) is 83.9 Å². The number of carboxylic acid groups (broad SMARTS) is 1. The number of amides is 1. The van der Waals surface area contributed by atoms with Crippen molar-refractivity contribution in [1.29, 1.82) is 0 Å². The van der Waals surface area contributed by atoms with E-state index in [0.29, 0.717) is 11.1 Å². The minimum Gasteiger partial charge on any atom is -0.480 e. The van der Waals surface area contributed by atoms with Crippen LogP contribution in [-0.2, 0) is 19.2 Å². The van der Waals surface area contributed by atoms with Gasteiger partial charge in [0.05, 0.1) is 25.9 Å². The number of carbonyl (C=O) groups excluding carboxylic acids is 3. The first-order valence-corrected chi connectivity index (χ1v) is 11.0. The molecule has 196 valence electrons.